The molecule has 7 nitrogen and oxygen atoms in total. The number of carbonyl (C=O) groups is 2. The smallest absolute Gasteiger partial charge is 0.411 e. The number of para-hydroxylation sites is 1. The third kappa shape index (κ3) is 3.48. The van der Waals surface area contributed by atoms with Crippen LogP contribution < -0.4 is 9.47 Å². The number of aromatic amines is 1. The molecule has 0 bridgehead atoms. The summed E-state index contributed by atoms with van der Waals surface area (Å²) in [5, 5.41) is 0.634. The highest BCUT2D eigenvalue weighted by Crippen LogP contribution is 2.44. The molecule has 32 heavy (non-hydrogen) atoms. The lowest BCUT2D eigenvalue weighted by Gasteiger charge is -2.41. The summed E-state index contributed by atoms with van der Waals surface area (Å²) in [6.07, 6.45) is -0.223. The van der Waals surface area contributed by atoms with Crippen LogP contribution in [0.5, 0.6) is 11.5 Å². The van der Waals surface area contributed by atoms with Gasteiger partial charge in [-0.3, -0.25) is 9.69 Å². The van der Waals surface area contributed by atoms with E-state index in [0.29, 0.717) is 17.9 Å². The predicted octanol–water partition coefficient (Wildman–Crippen LogP) is 4.60. The van der Waals surface area contributed by atoms with E-state index in [0.717, 1.165) is 27.7 Å². The number of hydrogen-bond acceptors (Lipinski definition) is 5. The van der Waals surface area contributed by atoms with Crippen molar-refractivity contribution >= 4 is 34.7 Å². The molecule has 2 aromatic carbocycles. The van der Waals surface area contributed by atoms with Crippen molar-refractivity contribution in [3.8, 4) is 11.5 Å². The van der Waals surface area contributed by atoms with Gasteiger partial charge in [-0.2, -0.15) is 0 Å². The van der Waals surface area contributed by atoms with Gasteiger partial charge in [0.2, 0.25) is 11.9 Å². The summed E-state index contributed by atoms with van der Waals surface area (Å²) < 4.78 is 16.8. The van der Waals surface area contributed by atoms with Crippen molar-refractivity contribution in [2.24, 2.45) is 0 Å². The van der Waals surface area contributed by atoms with Crippen LogP contribution in [0.4, 0.5) is 4.79 Å². The molecule has 0 aliphatic carbocycles. The Balaban J connectivity index is 1.72. The van der Waals surface area contributed by atoms with Crippen molar-refractivity contribution in [2.75, 3.05) is 6.79 Å². The van der Waals surface area contributed by atoms with Gasteiger partial charge in [-0.25, -0.2) is 4.79 Å². The number of amides is 1. The number of thiol groups is 1. The molecule has 2 atom stereocenters. The number of aromatic nitrogens is 1. The van der Waals surface area contributed by atoms with Crippen molar-refractivity contribution < 1.29 is 23.8 Å². The van der Waals surface area contributed by atoms with Crippen molar-refractivity contribution in [1.82, 2.24) is 9.88 Å². The SMILES string of the molecule is CC(C)(C)OC(=O)N1[C@H](c2ccc3c(c2)OCO3)c2[nH]c3ccccc3c2C[C@@H]1C(=O)S. The number of carbonyl (C=O) groups excluding carboxylic acids is 2. The quantitative estimate of drug-likeness (QED) is 0.556. The summed E-state index contributed by atoms with van der Waals surface area (Å²) in [4.78, 5) is 31.1. The lowest BCUT2D eigenvalue weighted by molar-refractivity contribution is -0.116. The number of ether oxygens (including phenoxy) is 3. The van der Waals surface area contributed by atoms with Gasteiger partial charge in [0.05, 0.1) is 0 Å². The predicted molar refractivity (Wildman–Crippen MR) is 122 cm³/mol. The molecular formula is C24H24N2O5S. The fraction of sp³-hybridized carbons (Fsp3) is 0.333. The monoisotopic (exact) mass is 452 g/mol. The summed E-state index contributed by atoms with van der Waals surface area (Å²) in [6.45, 7) is 5.55. The molecule has 0 unspecified atom stereocenters. The van der Waals surface area contributed by atoms with Gasteiger partial charge in [-0.1, -0.05) is 24.3 Å². The minimum Gasteiger partial charge on any atom is -0.454 e. The molecule has 3 heterocycles. The van der Waals surface area contributed by atoms with Crippen molar-refractivity contribution in [2.45, 2.75) is 44.9 Å². The maximum absolute atomic E-state index is 13.4. The standard InChI is InChI=1S/C24H24N2O5S/c1-24(2,3)31-23(28)26-17(22(27)32)11-15-14-6-4-5-7-16(14)25-20(15)21(26)13-8-9-18-19(10-13)30-12-29-18/h4-10,17,21,25H,11-12H2,1-3H3,(H,27,32)/t17-,21-/m1/s1. The van der Waals surface area contributed by atoms with Gasteiger partial charge in [-0.05, 0) is 50.1 Å². The van der Waals surface area contributed by atoms with E-state index in [4.69, 9.17) is 14.2 Å². The van der Waals surface area contributed by atoms with Crippen LogP contribution in [0, 0.1) is 0 Å². The Bertz CT molecular complexity index is 1230. The van der Waals surface area contributed by atoms with E-state index in [1.54, 1.807) is 20.8 Å². The maximum atomic E-state index is 13.4. The summed E-state index contributed by atoms with van der Waals surface area (Å²) in [7, 11) is 0. The molecule has 0 spiro atoms. The first-order valence-electron chi connectivity index (χ1n) is 10.5. The first kappa shape index (κ1) is 20.8. The molecule has 3 aromatic rings. The van der Waals surface area contributed by atoms with Crippen molar-refractivity contribution in [3.63, 3.8) is 0 Å². The van der Waals surface area contributed by atoms with Crippen LogP contribution in [0.3, 0.4) is 0 Å². The van der Waals surface area contributed by atoms with Crippen LogP contribution in [0.25, 0.3) is 10.9 Å². The number of benzene rings is 2. The van der Waals surface area contributed by atoms with Crippen LogP contribution in [-0.4, -0.2) is 39.5 Å². The number of rotatable bonds is 2. The maximum Gasteiger partial charge on any atom is 0.411 e. The Hall–Kier alpha value is -3.13. The molecule has 2 aliphatic heterocycles. The number of fused-ring (bicyclic) bond motifs is 4. The third-order valence-corrected chi connectivity index (χ3v) is 6.03. The van der Waals surface area contributed by atoms with Crippen molar-refractivity contribution in [1.29, 1.82) is 0 Å². The van der Waals surface area contributed by atoms with Gasteiger partial charge >= 0.3 is 6.09 Å². The van der Waals surface area contributed by atoms with Crippen LogP contribution in [-0.2, 0) is 16.0 Å². The van der Waals surface area contributed by atoms with Gasteiger partial charge < -0.3 is 19.2 Å². The second kappa shape index (κ2) is 7.48. The average molecular weight is 453 g/mol. The summed E-state index contributed by atoms with van der Waals surface area (Å²) in [5.74, 6) is 1.25. The van der Waals surface area contributed by atoms with Crippen LogP contribution in [0.2, 0.25) is 0 Å². The highest BCUT2D eigenvalue weighted by molar-refractivity contribution is 7.96. The van der Waals surface area contributed by atoms with E-state index in [2.05, 4.69) is 17.6 Å². The largest absolute Gasteiger partial charge is 0.454 e. The van der Waals surface area contributed by atoms with E-state index in [9.17, 15) is 9.59 Å². The first-order valence-corrected chi connectivity index (χ1v) is 10.9. The summed E-state index contributed by atoms with van der Waals surface area (Å²) >= 11 is 4.15. The fourth-order valence-corrected chi connectivity index (χ4v) is 4.66. The summed E-state index contributed by atoms with van der Waals surface area (Å²) in [5.41, 5.74) is 2.85. The molecule has 5 rings (SSSR count). The molecule has 166 valence electrons. The molecule has 0 saturated heterocycles. The molecule has 1 N–H and O–H groups in total. The Morgan fingerprint density at radius 1 is 1.12 bits per heavy atom. The van der Waals surface area contributed by atoms with Gasteiger partial charge in [0.25, 0.3) is 0 Å². The molecule has 2 aliphatic rings. The van der Waals surface area contributed by atoms with E-state index in [1.165, 1.54) is 4.90 Å². The zero-order valence-electron chi connectivity index (χ0n) is 18.0. The number of H-pyrrole nitrogens is 1. The van der Waals surface area contributed by atoms with Gasteiger partial charge in [0.1, 0.15) is 17.7 Å². The second-order valence-corrected chi connectivity index (χ2v) is 9.46. The van der Waals surface area contributed by atoms with Crippen LogP contribution >= 0.6 is 12.6 Å². The summed E-state index contributed by atoms with van der Waals surface area (Å²) in [6, 6.07) is 12.1. The third-order valence-electron chi connectivity index (χ3n) is 5.73. The lowest BCUT2D eigenvalue weighted by Crippen LogP contribution is -2.51. The lowest BCUT2D eigenvalue weighted by atomic mass is 9.88. The fourth-order valence-electron chi connectivity index (χ4n) is 4.45. The Kier molecular flexibility index (Phi) is 4.85. The van der Waals surface area contributed by atoms with E-state index >= 15 is 0 Å². The zero-order chi connectivity index (χ0) is 22.6. The molecule has 1 aromatic heterocycles. The Morgan fingerprint density at radius 2 is 1.88 bits per heavy atom. The molecule has 0 saturated carbocycles. The van der Waals surface area contributed by atoms with Gasteiger partial charge in [0, 0.05) is 23.0 Å². The minimum atomic E-state index is -0.782. The molecule has 0 radical (unpaired) electrons. The Labute approximate surface area is 191 Å². The number of nitrogens with one attached hydrogen (secondary N) is 1. The highest BCUT2D eigenvalue weighted by Gasteiger charge is 2.44. The van der Waals surface area contributed by atoms with E-state index in [-0.39, 0.29) is 6.79 Å². The molecule has 0 fully saturated rings. The van der Waals surface area contributed by atoms with E-state index < -0.39 is 28.9 Å². The zero-order valence-corrected chi connectivity index (χ0v) is 18.9. The van der Waals surface area contributed by atoms with E-state index in [1.807, 2.05) is 42.5 Å². The highest BCUT2D eigenvalue weighted by atomic mass is 32.1. The molecule has 8 heteroatoms. The topological polar surface area (TPSA) is 80.9 Å². The van der Waals surface area contributed by atoms with Gasteiger partial charge in [-0.15, -0.1) is 12.6 Å². The average Bonchev–Trinajstić information content (AvgIpc) is 3.34. The number of nitrogens with zero attached hydrogens (tertiary/aromatic N) is 1. The van der Waals surface area contributed by atoms with Gasteiger partial charge in [0.15, 0.2) is 11.5 Å². The normalized spacial score (nSPS) is 19.7. The van der Waals surface area contributed by atoms with Crippen molar-refractivity contribution in [3.05, 3.63) is 59.3 Å². The minimum absolute atomic E-state index is 0.147. The first-order chi connectivity index (χ1) is 15.2. The molecule has 1 amide bonds. The van der Waals surface area contributed by atoms with Crippen LogP contribution in [0.1, 0.15) is 43.6 Å². The number of hydrogen-bond donors (Lipinski definition) is 2. The second-order valence-electron chi connectivity index (χ2n) is 9.02. The molecular weight excluding hydrogens is 428 g/mol. The Morgan fingerprint density at radius 3 is 2.62 bits per heavy atom. The van der Waals surface area contributed by atoms with Crippen LogP contribution in [0.15, 0.2) is 42.5 Å².